The Morgan fingerprint density at radius 3 is 2.67 bits per heavy atom. The highest BCUT2D eigenvalue weighted by atomic mass is 32.1. The lowest BCUT2D eigenvalue weighted by Crippen LogP contribution is -2.51. The van der Waals surface area contributed by atoms with Crippen molar-refractivity contribution in [2.45, 2.75) is 45.1 Å². The number of thiocarbonyl (C=S) groups is 1. The summed E-state index contributed by atoms with van der Waals surface area (Å²) in [5.74, 6) is 0.436. The number of carbonyl (C=O) groups excluding carboxylic acids is 1. The van der Waals surface area contributed by atoms with Gasteiger partial charge in [0.15, 0.2) is 0 Å². The lowest BCUT2D eigenvalue weighted by atomic mass is 9.84. The fourth-order valence-electron chi connectivity index (χ4n) is 2.97. The number of ether oxygens (including phenoxy) is 1. The van der Waals surface area contributed by atoms with E-state index in [0.29, 0.717) is 10.9 Å². The molecule has 5 heteroatoms. The Labute approximate surface area is 114 Å². The molecule has 2 fully saturated rings. The van der Waals surface area contributed by atoms with Gasteiger partial charge < -0.3 is 15.8 Å². The maximum Gasteiger partial charge on any atom is 0.233 e. The molecule has 0 aromatic carbocycles. The second kappa shape index (κ2) is 5.53. The molecule has 0 aromatic rings. The molecule has 2 atom stereocenters. The zero-order valence-corrected chi connectivity index (χ0v) is 11.7. The highest BCUT2D eigenvalue weighted by molar-refractivity contribution is 7.80. The lowest BCUT2D eigenvalue weighted by Gasteiger charge is -2.29. The van der Waals surface area contributed by atoms with E-state index >= 15 is 0 Å². The van der Waals surface area contributed by atoms with Crippen LogP contribution in [0.4, 0.5) is 0 Å². The fourth-order valence-corrected chi connectivity index (χ4v) is 3.27. The van der Waals surface area contributed by atoms with E-state index in [1.807, 2.05) is 6.92 Å². The third kappa shape index (κ3) is 2.52. The monoisotopic (exact) mass is 270 g/mol. The van der Waals surface area contributed by atoms with Crippen LogP contribution in [0.1, 0.15) is 39.0 Å². The third-order valence-electron chi connectivity index (χ3n) is 4.39. The van der Waals surface area contributed by atoms with Crippen molar-refractivity contribution in [3.8, 4) is 0 Å². The quantitative estimate of drug-likeness (QED) is 0.757. The maximum absolute atomic E-state index is 12.5. The molecule has 1 aliphatic heterocycles. The van der Waals surface area contributed by atoms with Gasteiger partial charge in [-0.2, -0.15) is 0 Å². The van der Waals surface area contributed by atoms with Crippen LogP contribution in [0.3, 0.4) is 0 Å². The van der Waals surface area contributed by atoms with Gasteiger partial charge in [0.2, 0.25) is 5.91 Å². The van der Waals surface area contributed by atoms with Crippen LogP contribution < -0.4 is 11.1 Å². The largest absolute Gasteiger partial charge is 0.392 e. The van der Waals surface area contributed by atoms with Crippen molar-refractivity contribution >= 4 is 23.1 Å². The van der Waals surface area contributed by atoms with E-state index in [2.05, 4.69) is 5.32 Å². The fraction of sp³-hybridized carbons (Fsp3) is 0.846. The Balaban J connectivity index is 1.99. The van der Waals surface area contributed by atoms with Crippen LogP contribution in [0.25, 0.3) is 0 Å². The van der Waals surface area contributed by atoms with E-state index in [9.17, 15) is 4.79 Å². The Morgan fingerprint density at radius 1 is 1.50 bits per heavy atom. The van der Waals surface area contributed by atoms with Crippen molar-refractivity contribution in [2.75, 3.05) is 13.2 Å². The topological polar surface area (TPSA) is 64.4 Å². The maximum atomic E-state index is 12.5. The van der Waals surface area contributed by atoms with Gasteiger partial charge in [-0.05, 0) is 26.2 Å². The van der Waals surface area contributed by atoms with E-state index in [1.54, 1.807) is 0 Å². The van der Waals surface area contributed by atoms with Gasteiger partial charge in [-0.3, -0.25) is 4.79 Å². The summed E-state index contributed by atoms with van der Waals surface area (Å²) in [6, 6.07) is 0.131. The zero-order chi connectivity index (χ0) is 13.2. The molecule has 0 spiro atoms. The first kappa shape index (κ1) is 13.7. The average Bonchev–Trinajstić information content (AvgIpc) is 3.01. The predicted molar refractivity (Wildman–Crippen MR) is 74.2 cm³/mol. The SMILES string of the molecule is CC(NC(=O)C1(C(N)=S)CCCC1)C1CCOC1. The highest BCUT2D eigenvalue weighted by Crippen LogP contribution is 2.39. The van der Waals surface area contributed by atoms with E-state index in [0.717, 1.165) is 45.3 Å². The molecule has 0 aromatic heterocycles. The lowest BCUT2D eigenvalue weighted by molar-refractivity contribution is -0.128. The summed E-state index contributed by atoms with van der Waals surface area (Å²) in [6.07, 6.45) is 4.67. The Bertz CT molecular complexity index is 334. The molecule has 1 saturated carbocycles. The third-order valence-corrected chi connectivity index (χ3v) is 4.78. The first-order valence-corrected chi connectivity index (χ1v) is 7.16. The van der Waals surface area contributed by atoms with Crippen molar-refractivity contribution in [3.05, 3.63) is 0 Å². The first-order chi connectivity index (χ1) is 8.56. The molecule has 1 heterocycles. The number of rotatable bonds is 4. The number of hydrogen-bond acceptors (Lipinski definition) is 3. The molecule has 1 aliphatic carbocycles. The predicted octanol–water partition coefficient (Wildman–Crippen LogP) is 1.37. The molecule has 18 heavy (non-hydrogen) atoms. The summed E-state index contributed by atoms with van der Waals surface area (Å²) < 4.78 is 5.36. The minimum atomic E-state index is -0.594. The van der Waals surface area contributed by atoms with Crippen LogP contribution in [0, 0.1) is 11.3 Å². The first-order valence-electron chi connectivity index (χ1n) is 6.75. The van der Waals surface area contributed by atoms with Gasteiger partial charge in [-0.25, -0.2) is 0 Å². The Morgan fingerprint density at radius 2 is 2.17 bits per heavy atom. The molecule has 0 bridgehead atoms. The molecule has 4 nitrogen and oxygen atoms in total. The molecule has 2 unspecified atom stereocenters. The Kier molecular flexibility index (Phi) is 4.22. The van der Waals surface area contributed by atoms with E-state index in [-0.39, 0.29) is 11.9 Å². The number of amides is 1. The minimum Gasteiger partial charge on any atom is -0.392 e. The van der Waals surface area contributed by atoms with Crippen molar-refractivity contribution < 1.29 is 9.53 Å². The molecule has 2 rings (SSSR count). The molecular weight excluding hydrogens is 248 g/mol. The van der Waals surface area contributed by atoms with Crippen LogP contribution in [-0.2, 0) is 9.53 Å². The van der Waals surface area contributed by atoms with Gasteiger partial charge in [-0.1, -0.05) is 25.1 Å². The van der Waals surface area contributed by atoms with Crippen LogP contribution in [0.2, 0.25) is 0 Å². The minimum absolute atomic E-state index is 0.0203. The van der Waals surface area contributed by atoms with Gasteiger partial charge in [0, 0.05) is 18.6 Å². The van der Waals surface area contributed by atoms with Crippen LogP contribution in [0.15, 0.2) is 0 Å². The van der Waals surface area contributed by atoms with Gasteiger partial charge in [0.25, 0.3) is 0 Å². The molecular formula is C13H22N2O2S. The van der Waals surface area contributed by atoms with E-state index in [4.69, 9.17) is 22.7 Å². The summed E-state index contributed by atoms with van der Waals surface area (Å²) in [5, 5.41) is 3.10. The van der Waals surface area contributed by atoms with Crippen molar-refractivity contribution in [3.63, 3.8) is 0 Å². The smallest absolute Gasteiger partial charge is 0.233 e. The summed E-state index contributed by atoms with van der Waals surface area (Å²) >= 11 is 5.12. The number of nitrogens with two attached hydrogens (primary N) is 1. The van der Waals surface area contributed by atoms with Gasteiger partial charge in [0.05, 0.1) is 17.0 Å². The summed E-state index contributed by atoms with van der Waals surface area (Å²) in [7, 11) is 0. The number of nitrogens with one attached hydrogen (secondary N) is 1. The number of hydrogen-bond donors (Lipinski definition) is 2. The van der Waals surface area contributed by atoms with E-state index < -0.39 is 5.41 Å². The summed E-state index contributed by atoms with van der Waals surface area (Å²) in [5.41, 5.74) is 5.21. The van der Waals surface area contributed by atoms with Crippen molar-refractivity contribution in [2.24, 2.45) is 17.1 Å². The average molecular weight is 270 g/mol. The van der Waals surface area contributed by atoms with Crippen LogP contribution in [-0.4, -0.2) is 30.2 Å². The Hall–Kier alpha value is -0.680. The molecule has 3 N–H and O–H groups in total. The van der Waals surface area contributed by atoms with Gasteiger partial charge in [-0.15, -0.1) is 0 Å². The van der Waals surface area contributed by atoms with E-state index in [1.165, 1.54) is 0 Å². The normalized spacial score (nSPS) is 27.9. The standard InChI is InChI=1S/C13H22N2O2S/c1-9(10-4-7-17-8-10)15-12(16)13(11(14)18)5-2-3-6-13/h9-10H,2-8H2,1H3,(H2,14,18)(H,15,16). The zero-order valence-electron chi connectivity index (χ0n) is 10.9. The molecule has 1 amide bonds. The summed E-state index contributed by atoms with van der Waals surface area (Å²) in [4.78, 5) is 12.8. The highest BCUT2D eigenvalue weighted by Gasteiger charge is 2.44. The second-order valence-electron chi connectivity index (χ2n) is 5.54. The molecule has 2 aliphatic rings. The van der Waals surface area contributed by atoms with Crippen molar-refractivity contribution in [1.82, 2.24) is 5.32 Å². The van der Waals surface area contributed by atoms with Crippen molar-refractivity contribution in [1.29, 1.82) is 0 Å². The van der Waals surface area contributed by atoms with Gasteiger partial charge >= 0.3 is 0 Å². The van der Waals surface area contributed by atoms with Gasteiger partial charge in [0.1, 0.15) is 0 Å². The molecule has 0 radical (unpaired) electrons. The number of carbonyl (C=O) groups is 1. The second-order valence-corrected chi connectivity index (χ2v) is 5.98. The molecule has 1 saturated heterocycles. The molecule has 102 valence electrons. The summed E-state index contributed by atoms with van der Waals surface area (Å²) in [6.45, 7) is 3.58. The van der Waals surface area contributed by atoms with Crippen LogP contribution in [0.5, 0.6) is 0 Å². The van der Waals surface area contributed by atoms with Crippen LogP contribution >= 0.6 is 12.2 Å².